The van der Waals surface area contributed by atoms with Gasteiger partial charge in [0.25, 0.3) is 0 Å². The van der Waals surface area contributed by atoms with E-state index in [0.717, 1.165) is 30.2 Å². The van der Waals surface area contributed by atoms with Gasteiger partial charge in [0, 0.05) is 25.8 Å². The molecule has 0 N–H and O–H groups in total. The Balaban J connectivity index is 1.82. The number of ether oxygens (including phenoxy) is 3. The first kappa shape index (κ1) is 28.6. The number of hydrogen-bond acceptors (Lipinski definition) is 6. The van der Waals surface area contributed by atoms with Crippen molar-refractivity contribution in [3.63, 3.8) is 0 Å². The highest BCUT2D eigenvalue weighted by atomic mass is 16.6. The first-order chi connectivity index (χ1) is 17.2. The lowest BCUT2D eigenvalue weighted by molar-refractivity contribution is -0.156. The highest BCUT2D eigenvalue weighted by Crippen LogP contribution is 2.17. The van der Waals surface area contributed by atoms with Crippen molar-refractivity contribution in [2.24, 2.45) is 0 Å². The summed E-state index contributed by atoms with van der Waals surface area (Å²) >= 11 is 0. The Hall–Kier alpha value is -2.60. The summed E-state index contributed by atoms with van der Waals surface area (Å²) in [6.07, 6.45) is 10.8. The number of esters is 1. The van der Waals surface area contributed by atoms with Gasteiger partial charge in [0.15, 0.2) is 6.10 Å². The van der Waals surface area contributed by atoms with Crippen LogP contribution in [0.2, 0.25) is 0 Å². The number of hydrogen-bond donors (Lipinski definition) is 0. The van der Waals surface area contributed by atoms with Crippen molar-refractivity contribution < 1.29 is 19.0 Å². The standard InChI is InChI=1S/C29H44N2O4/c1-4-7-8-9-10-11-14-21-31(28-15-12-13-20-30-28)22-23-35-26-18-16-25(17-19-26)24-27(33-5-2)29(32)34-6-3/h12-13,15-20,27H,4-11,14,21-24H2,1-3H3. The lowest BCUT2D eigenvalue weighted by Gasteiger charge is -2.24. The number of nitrogens with zero attached hydrogens (tertiary/aromatic N) is 2. The van der Waals surface area contributed by atoms with E-state index in [2.05, 4.69) is 22.9 Å². The average molecular weight is 485 g/mol. The smallest absolute Gasteiger partial charge is 0.335 e. The second kappa shape index (κ2) is 17.8. The zero-order valence-electron chi connectivity index (χ0n) is 21.9. The van der Waals surface area contributed by atoms with Gasteiger partial charge in [-0.25, -0.2) is 9.78 Å². The lowest BCUT2D eigenvalue weighted by atomic mass is 10.1. The number of benzene rings is 1. The van der Waals surface area contributed by atoms with Crippen molar-refractivity contribution in [3.8, 4) is 5.75 Å². The van der Waals surface area contributed by atoms with Crippen molar-refractivity contribution in [2.45, 2.75) is 78.2 Å². The van der Waals surface area contributed by atoms with Crippen LogP contribution in [-0.4, -0.2) is 50.0 Å². The van der Waals surface area contributed by atoms with Gasteiger partial charge in [0.2, 0.25) is 0 Å². The van der Waals surface area contributed by atoms with E-state index in [1.807, 2.05) is 49.5 Å². The summed E-state index contributed by atoms with van der Waals surface area (Å²) in [6.45, 7) is 9.10. The third kappa shape index (κ3) is 11.6. The average Bonchev–Trinajstić information content (AvgIpc) is 2.88. The topological polar surface area (TPSA) is 60.9 Å². The number of aromatic nitrogens is 1. The minimum absolute atomic E-state index is 0.315. The summed E-state index contributed by atoms with van der Waals surface area (Å²) in [5, 5.41) is 0. The van der Waals surface area contributed by atoms with Gasteiger partial charge < -0.3 is 19.1 Å². The van der Waals surface area contributed by atoms with Gasteiger partial charge in [0.1, 0.15) is 18.2 Å². The molecule has 0 aliphatic carbocycles. The third-order valence-corrected chi connectivity index (χ3v) is 5.90. The molecule has 0 bridgehead atoms. The van der Waals surface area contributed by atoms with Crippen LogP contribution in [0.4, 0.5) is 5.82 Å². The quantitative estimate of drug-likeness (QED) is 0.174. The van der Waals surface area contributed by atoms with E-state index in [4.69, 9.17) is 14.2 Å². The van der Waals surface area contributed by atoms with Crippen LogP contribution in [-0.2, 0) is 20.7 Å². The summed E-state index contributed by atoms with van der Waals surface area (Å²) < 4.78 is 16.7. The first-order valence-corrected chi connectivity index (χ1v) is 13.3. The van der Waals surface area contributed by atoms with Crippen LogP contribution >= 0.6 is 0 Å². The summed E-state index contributed by atoms with van der Waals surface area (Å²) in [5.74, 6) is 1.50. The number of rotatable bonds is 19. The van der Waals surface area contributed by atoms with Crippen molar-refractivity contribution in [3.05, 3.63) is 54.2 Å². The maximum Gasteiger partial charge on any atom is 0.335 e. The van der Waals surface area contributed by atoms with Crippen molar-refractivity contribution in [1.82, 2.24) is 4.98 Å². The second-order valence-corrected chi connectivity index (χ2v) is 8.69. The molecule has 0 saturated heterocycles. The molecule has 6 heteroatoms. The van der Waals surface area contributed by atoms with Crippen LogP contribution in [0.1, 0.15) is 71.3 Å². The largest absolute Gasteiger partial charge is 0.492 e. The van der Waals surface area contributed by atoms with Crippen LogP contribution < -0.4 is 9.64 Å². The Morgan fingerprint density at radius 1 is 0.886 bits per heavy atom. The molecule has 1 heterocycles. The molecule has 0 aliphatic heterocycles. The van der Waals surface area contributed by atoms with Crippen LogP contribution in [0.25, 0.3) is 0 Å². The van der Waals surface area contributed by atoms with E-state index in [-0.39, 0.29) is 5.97 Å². The first-order valence-electron chi connectivity index (χ1n) is 13.3. The molecule has 2 rings (SSSR count). The van der Waals surface area contributed by atoms with Crippen LogP contribution in [0.3, 0.4) is 0 Å². The van der Waals surface area contributed by atoms with Crippen LogP contribution in [0, 0.1) is 0 Å². The maximum atomic E-state index is 12.1. The Morgan fingerprint density at radius 2 is 1.63 bits per heavy atom. The minimum Gasteiger partial charge on any atom is -0.492 e. The predicted octanol–water partition coefficient (Wildman–Crippen LogP) is 6.23. The molecule has 35 heavy (non-hydrogen) atoms. The van der Waals surface area contributed by atoms with Crippen molar-refractivity contribution >= 4 is 11.8 Å². The number of pyridine rings is 1. The Labute approximate surface area is 212 Å². The highest BCUT2D eigenvalue weighted by Gasteiger charge is 2.20. The zero-order chi connectivity index (χ0) is 25.1. The highest BCUT2D eigenvalue weighted by molar-refractivity contribution is 5.75. The van der Waals surface area contributed by atoms with E-state index < -0.39 is 6.10 Å². The third-order valence-electron chi connectivity index (χ3n) is 5.90. The maximum absolute atomic E-state index is 12.1. The second-order valence-electron chi connectivity index (χ2n) is 8.69. The molecular weight excluding hydrogens is 440 g/mol. The van der Waals surface area contributed by atoms with Gasteiger partial charge in [-0.1, -0.05) is 63.6 Å². The fourth-order valence-corrected chi connectivity index (χ4v) is 4.00. The molecule has 0 spiro atoms. The fourth-order valence-electron chi connectivity index (χ4n) is 4.00. The molecule has 1 unspecified atom stereocenters. The number of unbranched alkanes of at least 4 members (excludes halogenated alkanes) is 6. The molecule has 1 atom stereocenters. The molecule has 1 aromatic carbocycles. The van der Waals surface area contributed by atoms with Gasteiger partial charge in [-0.3, -0.25) is 0 Å². The Morgan fingerprint density at radius 3 is 2.29 bits per heavy atom. The Kier molecular flexibility index (Phi) is 14.5. The molecular formula is C29H44N2O4. The summed E-state index contributed by atoms with van der Waals surface area (Å²) in [4.78, 5) is 19.0. The van der Waals surface area contributed by atoms with E-state index in [0.29, 0.717) is 26.2 Å². The fraction of sp³-hybridized carbons (Fsp3) is 0.586. The molecule has 6 nitrogen and oxygen atoms in total. The summed E-state index contributed by atoms with van der Waals surface area (Å²) in [5.41, 5.74) is 1.01. The Bertz CT molecular complexity index is 798. The molecule has 1 aromatic heterocycles. The summed E-state index contributed by atoms with van der Waals surface area (Å²) in [7, 11) is 0. The number of carbonyl (C=O) groups excluding carboxylic acids is 1. The van der Waals surface area contributed by atoms with Gasteiger partial charge in [-0.05, 0) is 50.1 Å². The predicted molar refractivity (Wildman–Crippen MR) is 142 cm³/mol. The SMILES string of the molecule is CCCCCCCCCN(CCOc1ccc(CC(OCC)C(=O)OCC)cc1)c1ccccn1. The van der Waals surface area contributed by atoms with E-state index in [1.54, 1.807) is 6.92 Å². The van der Waals surface area contributed by atoms with Gasteiger partial charge >= 0.3 is 5.97 Å². The minimum atomic E-state index is -0.578. The molecule has 0 fully saturated rings. The van der Waals surface area contributed by atoms with Crippen LogP contribution in [0.5, 0.6) is 5.75 Å². The summed E-state index contributed by atoms with van der Waals surface area (Å²) in [6, 6.07) is 13.9. The monoisotopic (exact) mass is 484 g/mol. The van der Waals surface area contributed by atoms with Gasteiger partial charge in [-0.15, -0.1) is 0 Å². The normalized spacial score (nSPS) is 11.7. The molecule has 2 aromatic rings. The van der Waals surface area contributed by atoms with E-state index >= 15 is 0 Å². The number of anilines is 1. The zero-order valence-corrected chi connectivity index (χ0v) is 21.9. The van der Waals surface area contributed by atoms with Crippen molar-refractivity contribution in [2.75, 3.05) is 37.8 Å². The van der Waals surface area contributed by atoms with Crippen molar-refractivity contribution in [1.29, 1.82) is 0 Å². The molecule has 0 radical (unpaired) electrons. The molecule has 0 amide bonds. The molecule has 0 saturated carbocycles. The van der Waals surface area contributed by atoms with Gasteiger partial charge in [-0.2, -0.15) is 0 Å². The van der Waals surface area contributed by atoms with Crippen LogP contribution in [0.15, 0.2) is 48.7 Å². The molecule has 194 valence electrons. The van der Waals surface area contributed by atoms with Gasteiger partial charge in [0.05, 0.1) is 13.2 Å². The number of carbonyl (C=O) groups is 1. The van der Waals surface area contributed by atoms with E-state index in [1.165, 1.54) is 44.9 Å². The molecule has 0 aliphatic rings. The van der Waals surface area contributed by atoms with E-state index in [9.17, 15) is 4.79 Å². The lowest BCUT2D eigenvalue weighted by Crippen LogP contribution is -2.30.